The van der Waals surface area contributed by atoms with Gasteiger partial charge in [-0.1, -0.05) is 18.9 Å². The van der Waals surface area contributed by atoms with E-state index in [-0.39, 0.29) is 5.75 Å². The molecule has 5 heteroatoms. The summed E-state index contributed by atoms with van der Waals surface area (Å²) in [5.41, 5.74) is 1.02. The first kappa shape index (κ1) is 16.5. The second kappa shape index (κ2) is 8.51. The molecule has 0 aromatic heterocycles. The van der Waals surface area contributed by atoms with Gasteiger partial charge in [-0.05, 0) is 44.4 Å². The van der Waals surface area contributed by atoms with Crippen molar-refractivity contribution in [3.63, 3.8) is 0 Å². The Morgan fingerprint density at radius 2 is 2.09 bits per heavy atom. The Morgan fingerprint density at radius 1 is 1.32 bits per heavy atom. The number of rotatable bonds is 6. The van der Waals surface area contributed by atoms with Crippen molar-refractivity contribution in [1.29, 1.82) is 0 Å². The summed E-state index contributed by atoms with van der Waals surface area (Å²) >= 11 is 0. The van der Waals surface area contributed by atoms with Crippen molar-refractivity contribution < 1.29 is 9.84 Å². The van der Waals surface area contributed by atoms with E-state index < -0.39 is 0 Å². The first-order valence-electron chi connectivity index (χ1n) is 8.22. The SMILES string of the molecule is CCNC(=NCc1ccc(O)c(OCC)c1)NC1CCCC1. The summed E-state index contributed by atoms with van der Waals surface area (Å²) < 4.78 is 5.41. The quantitative estimate of drug-likeness (QED) is 0.558. The number of phenolic OH excluding ortho intramolecular Hbond substituents is 1. The summed E-state index contributed by atoms with van der Waals surface area (Å²) in [4.78, 5) is 4.64. The molecule has 1 fully saturated rings. The molecule has 1 saturated carbocycles. The lowest BCUT2D eigenvalue weighted by Gasteiger charge is -2.16. The van der Waals surface area contributed by atoms with Crippen LogP contribution >= 0.6 is 0 Å². The number of hydrogen-bond acceptors (Lipinski definition) is 3. The molecule has 0 unspecified atom stereocenters. The van der Waals surface area contributed by atoms with Gasteiger partial charge in [-0.2, -0.15) is 0 Å². The number of phenols is 1. The summed E-state index contributed by atoms with van der Waals surface area (Å²) in [7, 11) is 0. The number of aliphatic imine (C=N–C) groups is 1. The minimum Gasteiger partial charge on any atom is -0.504 e. The van der Waals surface area contributed by atoms with Crippen LogP contribution in [0.4, 0.5) is 0 Å². The van der Waals surface area contributed by atoms with Gasteiger partial charge >= 0.3 is 0 Å². The van der Waals surface area contributed by atoms with Gasteiger partial charge in [-0.15, -0.1) is 0 Å². The van der Waals surface area contributed by atoms with Gasteiger partial charge in [0.2, 0.25) is 0 Å². The van der Waals surface area contributed by atoms with Crippen LogP contribution in [0, 0.1) is 0 Å². The number of nitrogens with one attached hydrogen (secondary N) is 2. The van der Waals surface area contributed by atoms with E-state index >= 15 is 0 Å². The maximum Gasteiger partial charge on any atom is 0.191 e. The average molecular weight is 305 g/mol. The van der Waals surface area contributed by atoms with Crippen molar-refractivity contribution in [2.45, 2.75) is 52.1 Å². The molecule has 0 atom stereocenters. The third kappa shape index (κ3) is 4.83. The smallest absolute Gasteiger partial charge is 0.191 e. The summed E-state index contributed by atoms with van der Waals surface area (Å²) in [6, 6.07) is 5.92. The zero-order valence-electron chi connectivity index (χ0n) is 13.6. The second-order valence-corrected chi connectivity index (χ2v) is 5.56. The number of guanidine groups is 1. The predicted molar refractivity (Wildman–Crippen MR) is 89.5 cm³/mol. The minimum atomic E-state index is 0.172. The maximum absolute atomic E-state index is 9.73. The molecule has 0 bridgehead atoms. The van der Waals surface area contributed by atoms with E-state index in [2.05, 4.69) is 22.5 Å². The number of hydrogen-bond donors (Lipinski definition) is 3. The van der Waals surface area contributed by atoms with Crippen molar-refractivity contribution in [2.24, 2.45) is 4.99 Å². The van der Waals surface area contributed by atoms with Crippen LogP contribution in [0.1, 0.15) is 45.1 Å². The Kier molecular flexibility index (Phi) is 6.37. The number of nitrogens with zero attached hydrogens (tertiary/aromatic N) is 1. The second-order valence-electron chi connectivity index (χ2n) is 5.56. The molecule has 0 spiro atoms. The number of ether oxygens (including phenoxy) is 1. The van der Waals surface area contributed by atoms with E-state index in [0.29, 0.717) is 24.9 Å². The molecule has 2 rings (SSSR count). The number of aromatic hydroxyl groups is 1. The average Bonchev–Trinajstić information content (AvgIpc) is 3.01. The van der Waals surface area contributed by atoms with Gasteiger partial charge in [-0.25, -0.2) is 4.99 Å². The summed E-state index contributed by atoms with van der Waals surface area (Å²) in [5, 5.41) is 16.5. The number of benzene rings is 1. The van der Waals surface area contributed by atoms with Crippen molar-refractivity contribution in [3.05, 3.63) is 23.8 Å². The van der Waals surface area contributed by atoms with Gasteiger partial charge in [-0.3, -0.25) is 0 Å². The van der Waals surface area contributed by atoms with E-state index in [1.807, 2.05) is 19.1 Å². The van der Waals surface area contributed by atoms with Crippen LogP contribution in [0.5, 0.6) is 11.5 Å². The first-order valence-corrected chi connectivity index (χ1v) is 8.22. The third-order valence-corrected chi connectivity index (χ3v) is 3.78. The first-order chi connectivity index (χ1) is 10.7. The zero-order valence-corrected chi connectivity index (χ0v) is 13.6. The van der Waals surface area contributed by atoms with Gasteiger partial charge in [0.15, 0.2) is 17.5 Å². The molecule has 3 N–H and O–H groups in total. The molecule has 0 radical (unpaired) electrons. The normalized spacial score (nSPS) is 15.8. The lowest BCUT2D eigenvalue weighted by Crippen LogP contribution is -2.42. The lowest BCUT2D eigenvalue weighted by atomic mass is 10.2. The van der Waals surface area contributed by atoms with Gasteiger partial charge in [0.25, 0.3) is 0 Å². The Labute approximate surface area is 132 Å². The van der Waals surface area contributed by atoms with Crippen LogP contribution in [0.15, 0.2) is 23.2 Å². The van der Waals surface area contributed by atoms with E-state index in [1.165, 1.54) is 25.7 Å². The van der Waals surface area contributed by atoms with Crippen molar-refractivity contribution >= 4 is 5.96 Å². The van der Waals surface area contributed by atoms with Crippen molar-refractivity contribution in [3.8, 4) is 11.5 Å². The van der Waals surface area contributed by atoms with E-state index in [4.69, 9.17) is 4.74 Å². The molecule has 122 valence electrons. The molecule has 0 saturated heterocycles. The van der Waals surface area contributed by atoms with Crippen LogP contribution in [-0.4, -0.2) is 30.3 Å². The lowest BCUT2D eigenvalue weighted by molar-refractivity contribution is 0.318. The third-order valence-electron chi connectivity index (χ3n) is 3.78. The van der Waals surface area contributed by atoms with Crippen LogP contribution < -0.4 is 15.4 Å². The van der Waals surface area contributed by atoms with Crippen LogP contribution in [0.3, 0.4) is 0 Å². The molecule has 5 nitrogen and oxygen atoms in total. The van der Waals surface area contributed by atoms with Gasteiger partial charge < -0.3 is 20.5 Å². The molecule has 0 heterocycles. The Hall–Kier alpha value is -1.91. The largest absolute Gasteiger partial charge is 0.504 e. The van der Waals surface area contributed by atoms with Crippen LogP contribution in [-0.2, 0) is 6.54 Å². The van der Waals surface area contributed by atoms with Gasteiger partial charge in [0.1, 0.15) is 0 Å². The molecule has 0 amide bonds. The van der Waals surface area contributed by atoms with Crippen LogP contribution in [0.2, 0.25) is 0 Å². The molecular weight excluding hydrogens is 278 g/mol. The predicted octanol–water partition coefficient (Wildman–Crippen LogP) is 2.79. The highest BCUT2D eigenvalue weighted by molar-refractivity contribution is 5.80. The van der Waals surface area contributed by atoms with Gasteiger partial charge in [0.05, 0.1) is 13.2 Å². The fourth-order valence-electron chi connectivity index (χ4n) is 2.68. The molecule has 1 aromatic carbocycles. The van der Waals surface area contributed by atoms with Crippen LogP contribution in [0.25, 0.3) is 0 Å². The highest BCUT2D eigenvalue weighted by Gasteiger charge is 2.15. The fraction of sp³-hybridized carbons (Fsp3) is 0.588. The van der Waals surface area contributed by atoms with Crippen molar-refractivity contribution in [2.75, 3.05) is 13.2 Å². The Balaban J connectivity index is 2.00. The highest BCUT2D eigenvalue weighted by atomic mass is 16.5. The molecule has 1 aromatic rings. The van der Waals surface area contributed by atoms with Crippen molar-refractivity contribution in [1.82, 2.24) is 10.6 Å². The Morgan fingerprint density at radius 3 is 2.77 bits per heavy atom. The summed E-state index contributed by atoms with van der Waals surface area (Å²) in [6.45, 7) is 5.91. The topological polar surface area (TPSA) is 65.9 Å². The molecular formula is C17H27N3O2. The van der Waals surface area contributed by atoms with E-state index in [1.54, 1.807) is 6.07 Å². The Bertz CT molecular complexity index is 497. The van der Waals surface area contributed by atoms with E-state index in [0.717, 1.165) is 18.1 Å². The molecule has 1 aliphatic carbocycles. The molecule has 1 aliphatic rings. The minimum absolute atomic E-state index is 0.172. The zero-order chi connectivity index (χ0) is 15.8. The maximum atomic E-state index is 9.73. The summed E-state index contributed by atoms with van der Waals surface area (Å²) in [6.07, 6.45) is 5.04. The fourth-order valence-corrected chi connectivity index (χ4v) is 2.68. The highest BCUT2D eigenvalue weighted by Crippen LogP contribution is 2.27. The molecule has 22 heavy (non-hydrogen) atoms. The monoisotopic (exact) mass is 305 g/mol. The standard InChI is InChI=1S/C17H27N3O2/c1-3-18-17(20-14-7-5-6-8-14)19-12-13-9-10-15(21)16(11-13)22-4-2/h9-11,14,21H,3-8,12H2,1-2H3,(H2,18,19,20). The molecule has 0 aliphatic heterocycles. The summed E-state index contributed by atoms with van der Waals surface area (Å²) in [5.74, 6) is 1.55. The van der Waals surface area contributed by atoms with Gasteiger partial charge in [0, 0.05) is 12.6 Å². The van der Waals surface area contributed by atoms with E-state index in [9.17, 15) is 5.11 Å².